The van der Waals surface area contributed by atoms with Gasteiger partial charge in [-0.1, -0.05) is 26.0 Å². The molecule has 1 rings (SSSR count). The number of guanidine groups is 1. The van der Waals surface area contributed by atoms with Gasteiger partial charge in [0, 0.05) is 19.8 Å². The monoisotopic (exact) mass is 307 g/mol. The molecule has 22 heavy (non-hydrogen) atoms. The first-order valence-electron chi connectivity index (χ1n) is 7.95. The summed E-state index contributed by atoms with van der Waals surface area (Å²) in [6.45, 7) is 9.82. The summed E-state index contributed by atoms with van der Waals surface area (Å²) in [5.74, 6) is 1.89. The van der Waals surface area contributed by atoms with Crippen molar-refractivity contribution in [3.8, 4) is 5.75 Å². The van der Waals surface area contributed by atoms with Crippen molar-refractivity contribution in [2.24, 2.45) is 16.6 Å². The maximum atomic E-state index is 5.82. The van der Waals surface area contributed by atoms with Crippen molar-refractivity contribution in [3.63, 3.8) is 0 Å². The quantitative estimate of drug-likeness (QED) is 0.396. The second-order valence-corrected chi connectivity index (χ2v) is 5.53. The average molecular weight is 307 g/mol. The highest BCUT2D eigenvalue weighted by atomic mass is 16.5. The molecule has 124 valence electrons. The van der Waals surface area contributed by atoms with Crippen molar-refractivity contribution in [1.29, 1.82) is 0 Å². The molecule has 0 saturated carbocycles. The van der Waals surface area contributed by atoms with E-state index in [1.165, 1.54) is 0 Å². The molecule has 5 heteroatoms. The highest BCUT2D eigenvalue weighted by Crippen LogP contribution is 2.13. The smallest absolute Gasteiger partial charge is 0.188 e. The first-order chi connectivity index (χ1) is 10.6. The number of aliphatic imine (C=N–C) groups is 1. The zero-order chi connectivity index (χ0) is 16.2. The lowest BCUT2D eigenvalue weighted by molar-refractivity contribution is 0.145. The lowest BCUT2D eigenvalue weighted by atomic mass is 10.2. The van der Waals surface area contributed by atoms with Crippen LogP contribution in [0, 0.1) is 5.92 Å². The molecule has 0 fully saturated rings. The van der Waals surface area contributed by atoms with Crippen LogP contribution in [-0.4, -0.2) is 32.3 Å². The van der Waals surface area contributed by atoms with E-state index in [2.05, 4.69) is 24.2 Å². The molecule has 0 bridgehead atoms. The topological polar surface area (TPSA) is 68.9 Å². The van der Waals surface area contributed by atoms with Crippen molar-refractivity contribution in [3.05, 3.63) is 29.8 Å². The Kier molecular flexibility index (Phi) is 9.07. The fourth-order valence-electron chi connectivity index (χ4n) is 1.72. The fraction of sp³-hybridized carbons (Fsp3) is 0.588. The Morgan fingerprint density at radius 2 is 2.00 bits per heavy atom. The maximum Gasteiger partial charge on any atom is 0.188 e. The Labute approximate surface area is 133 Å². The summed E-state index contributed by atoms with van der Waals surface area (Å²) >= 11 is 0. The van der Waals surface area contributed by atoms with Crippen LogP contribution < -0.4 is 15.8 Å². The third-order valence-electron chi connectivity index (χ3n) is 2.91. The number of nitrogens with one attached hydrogen (secondary N) is 1. The number of hydrogen-bond acceptors (Lipinski definition) is 3. The fourth-order valence-corrected chi connectivity index (χ4v) is 1.72. The van der Waals surface area contributed by atoms with Gasteiger partial charge in [-0.15, -0.1) is 0 Å². The average Bonchev–Trinajstić information content (AvgIpc) is 2.51. The summed E-state index contributed by atoms with van der Waals surface area (Å²) in [4.78, 5) is 4.32. The van der Waals surface area contributed by atoms with E-state index in [-0.39, 0.29) is 0 Å². The molecule has 0 amide bonds. The van der Waals surface area contributed by atoms with Crippen LogP contribution in [0.4, 0.5) is 0 Å². The van der Waals surface area contributed by atoms with Gasteiger partial charge in [-0.25, -0.2) is 4.99 Å². The van der Waals surface area contributed by atoms with Crippen LogP contribution in [0.5, 0.6) is 5.75 Å². The molecule has 5 nitrogen and oxygen atoms in total. The van der Waals surface area contributed by atoms with Crippen LogP contribution in [0.1, 0.15) is 32.8 Å². The van der Waals surface area contributed by atoms with Crippen molar-refractivity contribution in [1.82, 2.24) is 5.32 Å². The van der Waals surface area contributed by atoms with Gasteiger partial charge in [-0.05, 0) is 37.0 Å². The molecule has 0 aliphatic carbocycles. The molecule has 0 unspecified atom stereocenters. The van der Waals surface area contributed by atoms with Crippen LogP contribution >= 0.6 is 0 Å². The molecular formula is C17H29N3O2. The normalized spacial score (nSPS) is 11.7. The molecule has 1 aromatic rings. The first kappa shape index (κ1) is 18.3. The van der Waals surface area contributed by atoms with E-state index in [0.29, 0.717) is 18.4 Å². The minimum absolute atomic E-state index is 0.469. The van der Waals surface area contributed by atoms with E-state index < -0.39 is 0 Å². The lowest BCUT2D eigenvalue weighted by Crippen LogP contribution is -2.32. The van der Waals surface area contributed by atoms with Crippen LogP contribution in [0.2, 0.25) is 0 Å². The molecule has 0 aromatic heterocycles. The van der Waals surface area contributed by atoms with Crippen LogP contribution in [0.15, 0.2) is 29.3 Å². The van der Waals surface area contributed by atoms with Crippen LogP contribution in [-0.2, 0) is 11.3 Å². The van der Waals surface area contributed by atoms with Crippen LogP contribution in [0.25, 0.3) is 0 Å². The predicted molar refractivity (Wildman–Crippen MR) is 91.2 cm³/mol. The minimum atomic E-state index is 0.469. The summed E-state index contributed by atoms with van der Waals surface area (Å²) in [7, 11) is 0. The molecule has 1 aromatic carbocycles. The molecule has 0 aliphatic heterocycles. The molecule has 0 atom stereocenters. The molecular weight excluding hydrogens is 278 g/mol. The Bertz CT molecular complexity index is 430. The Morgan fingerprint density at radius 3 is 2.64 bits per heavy atom. The molecule has 0 saturated heterocycles. The van der Waals surface area contributed by atoms with Gasteiger partial charge in [0.25, 0.3) is 0 Å². The first-order valence-corrected chi connectivity index (χ1v) is 7.95. The van der Waals surface area contributed by atoms with Gasteiger partial charge in [0.05, 0.1) is 13.2 Å². The van der Waals surface area contributed by atoms with Gasteiger partial charge in [0.2, 0.25) is 0 Å². The number of ether oxygens (including phenoxy) is 2. The van der Waals surface area contributed by atoms with Gasteiger partial charge in [-0.3, -0.25) is 0 Å². The standard InChI is InChI=1S/C17H29N3O2/c1-4-21-11-5-10-19-17(18)20-12-15-6-8-16(9-7-15)22-13-14(2)3/h6-9,14H,4-5,10-13H2,1-3H3,(H3,18,19,20). The third-order valence-corrected chi connectivity index (χ3v) is 2.91. The second kappa shape index (κ2) is 10.9. The van der Waals surface area contributed by atoms with E-state index >= 15 is 0 Å². The molecule has 0 aliphatic rings. The van der Waals surface area contributed by atoms with Crippen molar-refractivity contribution in [2.75, 3.05) is 26.4 Å². The Hall–Kier alpha value is -1.75. The van der Waals surface area contributed by atoms with E-state index in [0.717, 1.165) is 44.1 Å². The van der Waals surface area contributed by atoms with E-state index in [4.69, 9.17) is 15.2 Å². The van der Waals surface area contributed by atoms with Gasteiger partial charge < -0.3 is 20.5 Å². The minimum Gasteiger partial charge on any atom is -0.493 e. The number of nitrogens with zero attached hydrogens (tertiary/aromatic N) is 1. The molecule has 0 radical (unpaired) electrons. The molecule has 0 heterocycles. The number of hydrogen-bond donors (Lipinski definition) is 2. The van der Waals surface area contributed by atoms with Gasteiger partial charge >= 0.3 is 0 Å². The SMILES string of the molecule is CCOCCCNC(N)=NCc1ccc(OCC(C)C)cc1. The summed E-state index contributed by atoms with van der Waals surface area (Å²) in [6, 6.07) is 7.97. The molecule has 3 N–H and O–H groups in total. The van der Waals surface area contributed by atoms with E-state index in [1.807, 2.05) is 31.2 Å². The van der Waals surface area contributed by atoms with E-state index in [9.17, 15) is 0 Å². The zero-order valence-corrected chi connectivity index (χ0v) is 14.0. The van der Waals surface area contributed by atoms with E-state index in [1.54, 1.807) is 0 Å². The lowest BCUT2D eigenvalue weighted by Gasteiger charge is -2.09. The van der Waals surface area contributed by atoms with Gasteiger partial charge in [-0.2, -0.15) is 0 Å². The highest BCUT2D eigenvalue weighted by molar-refractivity contribution is 5.77. The number of nitrogens with two attached hydrogens (primary N) is 1. The summed E-state index contributed by atoms with van der Waals surface area (Å²) in [6.07, 6.45) is 0.923. The largest absolute Gasteiger partial charge is 0.493 e. The predicted octanol–water partition coefficient (Wildman–Crippen LogP) is 2.55. The number of benzene rings is 1. The van der Waals surface area contributed by atoms with Crippen molar-refractivity contribution in [2.45, 2.75) is 33.7 Å². The zero-order valence-electron chi connectivity index (χ0n) is 14.0. The Morgan fingerprint density at radius 1 is 1.27 bits per heavy atom. The van der Waals surface area contributed by atoms with Gasteiger partial charge in [0.15, 0.2) is 5.96 Å². The maximum absolute atomic E-state index is 5.82. The van der Waals surface area contributed by atoms with Crippen molar-refractivity contribution >= 4 is 5.96 Å². The summed E-state index contributed by atoms with van der Waals surface area (Å²) in [5.41, 5.74) is 6.93. The van der Waals surface area contributed by atoms with Crippen LogP contribution in [0.3, 0.4) is 0 Å². The Balaban J connectivity index is 2.29. The summed E-state index contributed by atoms with van der Waals surface area (Å²) in [5, 5.41) is 3.08. The highest BCUT2D eigenvalue weighted by Gasteiger charge is 1.98. The summed E-state index contributed by atoms with van der Waals surface area (Å²) < 4.78 is 10.9. The molecule has 0 spiro atoms. The van der Waals surface area contributed by atoms with Crippen molar-refractivity contribution < 1.29 is 9.47 Å². The number of rotatable bonds is 10. The second-order valence-electron chi connectivity index (χ2n) is 5.53. The van der Waals surface area contributed by atoms with Gasteiger partial charge in [0.1, 0.15) is 5.75 Å². The third kappa shape index (κ3) is 8.52.